The fourth-order valence-corrected chi connectivity index (χ4v) is 3.81. The molecule has 0 aromatic carbocycles. The summed E-state index contributed by atoms with van der Waals surface area (Å²) in [4.78, 5) is 15.7. The van der Waals surface area contributed by atoms with E-state index in [1.165, 1.54) is 0 Å². The van der Waals surface area contributed by atoms with Crippen molar-refractivity contribution in [3.05, 3.63) is 47.2 Å². The van der Waals surface area contributed by atoms with Crippen LogP contribution >= 0.6 is 11.3 Å². The van der Waals surface area contributed by atoms with Gasteiger partial charge in [-0.1, -0.05) is 11.2 Å². The molecule has 124 valence electrons. The third-order valence-electron chi connectivity index (χ3n) is 4.29. The van der Waals surface area contributed by atoms with E-state index in [0.717, 1.165) is 36.4 Å². The number of rotatable bonds is 4. The molecular weight excluding hydrogens is 324 g/mol. The van der Waals surface area contributed by atoms with Gasteiger partial charge < -0.3 is 9.42 Å². The molecule has 1 fully saturated rings. The molecule has 0 saturated carbocycles. The number of thiophene rings is 1. The first-order valence-electron chi connectivity index (χ1n) is 8.01. The van der Waals surface area contributed by atoms with Crippen molar-refractivity contribution in [2.45, 2.75) is 32.4 Å². The van der Waals surface area contributed by atoms with Crippen LogP contribution in [0.1, 0.15) is 28.9 Å². The lowest BCUT2D eigenvalue weighted by Gasteiger charge is -2.23. The maximum Gasteiger partial charge on any atom is 0.276 e. The Morgan fingerprint density at radius 3 is 3.17 bits per heavy atom. The number of carbonyl (C=O) groups is 1. The van der Waals surface area contributed by atoms with Crippen LogP contribution in [0.4, 0.5) is 0 Å². The van der Waals surface area contributed by atoms with Gasteiger partial charge in [-0.25, -0.2) is 0 Å². The third-order valence-corrected chi connectivity index (χ3v) is 5.18. The second kappa shape index (κ2) is 6.24. The highest BCUT2D eigenvalue weighted by Gasteiger charge is 2.31. The lowest BCUT2D eigenvalue weighted by molar-refractivity contribution is 0.0711. The summed E-state index contributed by atoms with van der Waals surface area (Å²) in [6, 6.07) is 5.80. The molecule has 3 aromatic heterocycles. The molecule has 1 saturated heterocycles. The highest BCUT2D eigenvalue weighted by molar-refractivity contribution is 7.13. The summed E-state index contributed by atoms with van der Waals surface area (Å²) in [6.07, 6.45) is 5.84. The Balaban J connectivity index is 1.50. The smallest absolute Gasteiger partial charge is 0.276 e. The minimum absolute atomic E-state index is 0.0621. The quantitative estimate of drug-likeness (QED) is 0.730. The summed E-state index contributed by atoms with van der Waals surface area (Å²) < 4.78 is 7.25. The van der Waals surface area contributed by atoms with Crippen LogP contribution in [-0.2, 0) is 6.54 Å². The van der Waals surface area contributed by atoms with Crippen LogP contribution in [0.25, 0.3) is 10.6 Å². The van der Waals surface area contributed by atoms with E-state index in [-0.39, 0.29) is 11.9 Å². The molecule has 24 heavy (non-hydrogen) atoms. The van der Waals surface area contributed by atoms with E-state index in [1.807, 2.05) is 46.4 Å². The summed E-state index contributed by atoms with van der Waals surface area (Å²) in [5, 5.41) is 10.3. The summed E-state index contributed by atoms with van der Waals surface area (Å²) in [5.41, 5.74) is 1.50. The number of nitrogens with zero attached hydrogens (tertiary/aromatic N) is 4. The molecule has 1 aliphatic heterocycles. The van der Waals surface area contributed by atoms with Crippen LogP contribution in [-0.4, -0.2) is 38.3 Å². The average Bonchev–Trinajstić information content (AvgIpc) is 3.35. The first-order valence-corrected chi connectivity index (χ1v) is 8.89. The van der Waals surface area contributed by atoms with E-state index in [0.29, 0.717) is 11.5 Å². The number of hydrogen-bond acceptors (Lipinski definition) is 5. The molecule has 4 heterocycles. The van der Waals surface area contributed by atoms with Gasteiger partial charge in [0.1, 0.15) is 0 Å². The third kappa shape index (κ3) is 2.87. The molecule has 1 aliphatic rings. The van der Waals surface area contributed by atoms with Gasteiger partial charge in [-0.3, -0.25) is 9.48 Å². The first-order chi connectivity index (χ1) is 11.7. The predicted octanol–water partition coefficient (Wildman–Crippen LogP) is 3.21. The van der Waals surface area contributed by atoms with Gasteiger partial charge in [0.15, 0.2) is 11.5 Å². The highest BCUT2D eigenvalue weighted by atomic mass is 32.1. The number of carbonyl (C=O) groups excluding carboxylic acids is 1. The van der Waals surface area contributed by atoms with Gasteiger partial charge in [0.05, 0.1) is 23.7 Å². The SMILES string of the molecule is Cc1cnn(C[C@H]2CCCN2C(=O)c2cc(-c3cccs3)on2)c1. The lowest BCUT2D eigenvalue weighted by Crippen LogP contribution is -2.38. The number of aryl methyl sites for hydroxylation is 1. The largest absolute Gasteiger partial charge is 0.355 e. The molecule has 0 unspecified atom stereocenters. The van der Waals surface area contributed by atoms with Gasteiger partial charge in [-0.2, -0.15) is 5.10 Å². The predicted molar refractivity (Wildman–Crippen MR) is 90.8 cm³/mol. The van der Waals surface area contributed by atoms with Gasteiger partial charge in [0, 0.05) is 18.8 Å². The van der Waals surface area contributed by atoms with Crippen LogP contribution in [0.5, 0.6) is 0 Å². The number of likely N-dealkylation sites (tertiary alicyclic amines) is 1. The number of amides is 1. The Labute approximate surface area is 143 Å². The molecule has 0 aliphatic carbocycles. The molecule has 0 bridgehead atoms. The van der Waals surface area contributed by atoms with E-state index in [9.17, 15) is 4.79 Å². The number of hydrogen-bond donors (Lipinski definition) is 0. The second-order valence-corrected chi connectivity index (χ2v) is 7.04. The second-order valence-electron chi connectivity index (χ2n) is 6.09. The van der Waals surface area contributed by atoms with Gasteiger partial charge in [-0.15, -0.1) is 11.3 Å². The zero-order valence-corrected chi connectivity index (χ0v) is 14.2. The topological polar surface area (TPSA) is 64.2 Å². The van der Waals surface area contributed by atoms with Crippen molar-refractivity contribution in [1.82, 2.24) is 19.8 Å². The van der Waals surface area contributed by atoms with Crippen LogP contribution in [0.2, 0.25) is 0 Å². The van der Waals surface area contributed by atoms with Gasteiger partial charge in [0.25, 0.3) is 5.91 Å². The van der Waals surface area contributed by atoms with Gasteiger partial charge in [-0.05, 0) is 36.8 Å². The van der Waals surface area contributed by atoms with Crippen molar-refractivity contribution in [3.63, 3.8) is 0 Å². The van der Waals surface area contributed by atoms with Crippen molar-refractivity contribution >= 4 is 17.2 Å². The summed E-state index contributed by atoms with van der Waals surface area (Å²) in [5.74, 6) is 0.583. The molecule has 7 heteroatoms. The normalized spacial score (nSPS) is 17.5. The van der Waals surface area contributed by atoms with Crippen LogP contribution in [0.3, 0.4) is 0 Å². The Hall–Kier alpha value is -2.41. The van der Waals surface area contributed by atoms with E-state index >= 15 is 0 Å². The van der Waals surface area contributed by atoms with E-state index < -0.39 is 0 Å². The molecular formula is C17H18N4O2S. The van der Waals surface area contributed by atoms with Crippen LogP contribution in [0.15, 0.2) is 40.5 Å². The van der Waals surface area contributed by atoms with Crippen molar-refractivity contribution in [2.24, 2.45) is 0 Å². The van der Waals surface area contributed by atoms with E-state index in [1.54, 1.807) is 17.4 Å². The fourth-order valence-electron chi connectivity index (χ4n) is 3.13. The lowest BCUT2D eigenvalue weighted by atomic mass is 10.2. The Morgan fingerprint density at radius 1 is 1.50 bits per heavy atom. The fraction of sp³-hybridized carbons (Fsp3) is 0.353. The van der Waals surface area contributed by atoms with Crippen molar-refractivity contribution in [1.29, 1.82) is 0 Å². The summed E-state index contributed by atoms with van der Waals surface area (Å²) in [7, 11) is 0. The highest BCUT2D eigenvalue weighted by Crippen LogP contribution is 2.27. The van der Waals surface area contributed by atoms with Crippen LogP contribution < -0.4 is 0 Å². The van der Waals surface area contributed by atoms with Gasteiger partial charge in [0.2, 0.25) is 0 Å². The zero-order valence-electron chi connectivity index (χ0n) is 13.4. The first kappa shape index (κ1) is 15.1. The molecule has 6 nitrogen and oxygen atoms in total. The van der Waals surface area contributed by atoms with E-state index in [2.05, 4.69) is 10.3 Å². The summed E-state index contributed by atoms with van der Waals surface area (Å²) >= 11 is 1.57. The Bertz CT molecular complexity index is 837. The summed E-state index contributed by atoms with van der Waals surface area (Å²) in [6.45, 7) is 3.49. The minimum Gasteiger partial charge on any atom is -0.355 e. The maximum absolute atomic E-state index is 12.8. The monoisotopic (exact) mass is 342 g/mol. The Kier molecular flexibility index (Phi) is 3.93. The average molecular weight is 342 g/mol. The molecule has 4 rings (SSSR count). The molecule has 0 radical (unpaired) electrons. The minimum atomic E-state index is -0.0621. The molecule has 0 spiro atoms. The standard InChI is InChI=1S/C17H18N4O2S/c1-12-9-18-20(10-12)11-13-4-2-6-21(13)17(22)14-8-15(23-19-14)16-5-3-7-24-16/h3,5,7-10,13H,2,4,6,11H2,1H3/t13-/m1/s1. The number of aromatic nitrogens is 3. The van der Waals surface area contributed by atoms with Gasteiger partial charge >= 0.3 is 0 Å². The van der Waals surface area contributed by atoms with Crippen LogP contribution in [0, 0.1) is 6.92 Å². The zero-order chi connectivity index (χ0) is 16.5. The molecule has 0 N–H and O–H groups in total. The molecule has 3 aromatic rings. The van der Waals surface area contributed by atoms with Crippen molar-refractivity contribution < 1.29 is 9.32 Å². The Morgan fingerprint density at radius 2 is 2.42 bits per heavy atom. The van der Waals surface area contributed by atoms with Crippen molar-refractivity contribution in [3.8, 4) is 10.6 Å². The van der Waals surface area contributed by atoms with Crippen molar-refractivity contribution in [2.75, 3.05) is 6.54 Å². The van der Waals surface area contributed by atoms with E-state index in [4.69, 9.17) is 4.52 Å². The molecule has 1 atom stereocenters. The maximum atomic E-state index is 12.8. The molecule has 1 amide bonds.